The molecule has 1 aromatic heterocycles. The van der Waals surface area contributed by atoms with E-state index in [9.17, 15) is 4.79 Å². The number of unbranched alkanes of at least 4 members (excludes halogenated alkanes) is 10. The molecular formula is C34H57NO4Si. The number of esters is 1. The van der Waals surface area contributed by atoms with Crippen LogP contribution in [0.15, 0.2) is 41.0 Å². The number of nitrogens with zero attached hydrogens (tertiary/aromatic N) is 1. The summed E-state index contributed by atoms with van der Waals surface area (Å²) in [6, 6.07) is 9.77. The van der Waals surface area contributed by atoms with Gasteiger partial charge in [-0.15, -0.1) is 0 Å². The molecule has 0 saturated carbocycles. The summed E-state index contributed by atoms with van der Waals surface area (Å²) < 4.78 is 18.7. The summed E-state index contributed by atoms with van der Waals surface area (Å²) in [5.41, 5.74) is 1.64. The molecule has 0 aliphatic carbocycles. The maximum atomic E-state index is 12.9. The number of carbonyl (C=O) groups is 1. The average molecular weight is 572 g/mol. The van der Waals surface area contributed by atoms with Crippen molar-refractivity contribution in [3.05, 3.63) is 53.7 Å². The van der Waals surface area contributed by atoms with Crippen LogP contribution in [0.2, 0.25) is 18.1 Å². The van der Waals surface area contributed by atoms with Gasteiger partial charge in [0.1, 0.15) is 12.0 Å². The second kappa shape index (κ2) is 17.8. The number of hydrogen-bond acceptors (Lipinski definition) is 5. The molecule has 0 saturated heterocycles. The molecule has 226 valence electrons. The first-order valence-corrected chi connectivity index (χ1v) is 18.9. The van der Waals surface area contributed by atoms with Crippen LogP contribution < -0.4 is 0 Å². The standard InChI is InChI=1S/C34H57NO4Si/c1-8-10-11-12-13-14-15-16-17-18-22-26-31(36)38-32(28-24-20-19-21-25-28)33-35-29(27-37-33)30(23-9-2)39-40(6,7)34(3,4)5/h19-21,24-25,27,30,32H,8-18,22-23,26H2,1-7H3. The normalized spacial score (nSPS) is 13.8. The Bertz CT molecular complexity index is 950. The number of ether oxygens (including phenoxy) is 1. The lowest BCUT2D eigenvalue weighted by atomic mass is 10.1. The van der Waals surface area contributed by atoms with Gasteiger partial charge in [0, 0.05) is 12.0 Å². The van der Waals surface area contributed by atoms with E-state index in [0.717, 1.165) is 36.9 Å². The number of hydrogen-bond donors (Lipinski definition) is 0. The second-order valence-electron chi connectivity index (χ2n) is 12.8. The smallest absolute Gasteiger partial charge is 0.306 e. The van der Waals surface area contributed by atoms with Crippen LogP contribution >= 0.6 is 0 Å². The van der Waals surface area contributed by atoms with E-state index in [1.807, 2.05) is 30.3 Å². The summed E-state index contributed by atoms with van der Waals surface area (Å²) in [5.74, 6) is 0.209. The Morgan fingerprint density at radius 2 is 1.45 bits per heavy atom. The van der Waals surface area contributed by atoms with Crippen molar-refractivity contribution in [1.29, 1.82) is 0 Å². The van der Waals surface area contributed by atoms with Crippen molar-refractivity contribution in [3.8, 4) is 0 Å². The fourth-order valence-corrected chi connectivity index (χ4v) is 5.95. The van der Waals surface area contributed by atoms with Crippen LogP contribution in [-0.2, 0) is 14.0 Å². The first-order chi connectivity index (χ1) is 19.1. The fraction of sp³-hybridized carbons (Fsp3) is 0.706. The van der Waals surface area contributed by atoms with Crippen molar-refractivity contribution in [3.63, 3.8) is 0 Å². The molecule has 40 heavy (non-hydrogen) atoms. The molecule has 2 atom stereocenters. The zero-order valence-corrected chi connectivity index (χ0v) is 27.6. The Hall–Kier alpha value is -1.92. The summed E-state index contributed by atoms with van der Waals surface area (Å²) in [6.45, 7) is 15.7. The number of oxazole rings is 1. The molecule has 0 N–H and O–H groups in total. The lowest BCUT2D eigenvalue weighted by Crippen LogP contribution is -2.41. The predicted molar refractivity (Wildman–Crippen MR) is 168 cm³/mol. The van der Waals surface area contributed by atoms with Crippen LogP contribution in [0.5, 0.6) is 0 Å². The van der Waals surface area contributed by atoms with Gasteiger partial charge in [-0.05, 0) is 31.0 Å². The first-order valence-electron chi connectivity index (χ1n) is 16.0. The molecule has 1 aromatic carbocycles. The van der Waals surface area contributed by atoms with Gasteiger partial charge in [0.05, 0.1) is 6.10 Å². The third-order valence-corrected chi connectivity index (χ3v) is 12.7. The lowest BCUT2D eigenvalue weighted by molar-refractivity contribution is -0.148. The quantitative estimate of drug-likeness (QED) is 0.0898. The third-order valence-electron chi connectivity index (χ3n) is 8.22. The van der Waals surface area contributed by atoms with Crippen molar-refractivity contribution in [1.82, 2.24) is 4.98 Å². The van der Waals surface area contributed by atoms with Crippen molar-refractivity contribution in [2.75, 3.05) is 0 Å². The van der Waals surface area contributed by atoms with Crippen LogP contribution in [0.1, 0.15) is 154 Å². The van der Waals surface area contributed by atoms with E-state index in [2.05, 4.69) is 47.7 Å². The minimum atomic E-state index is -2.00. The monoisotopic (exact) mass is 571 g/mol. The predicted octanol–water partition coefficient (Wildman–Crippen LogP) is 10.9. The molecule has 0 bridgehead atoms. The van der Waals surface area contributed by atoms with E-state index >= 15 is 0 Å². The molecule has 0 aliphatic heterocycles. The zero-order chi connectivity index (χ0) is 29.4. The average Bonchev–Trinajstić information content (AvgIpc) is 3.40. The summed E-state index contributed by atoms with van der Waals surface area (Å²) in [5, 5.41) is 0.0991. The highest BCUT2D eigenvalue weighted by Crippen LogP contribution is 2.41. The minimum absolute atomic E-state index is 0.0991. The van der Waals surface area contributed by atoms with Gasteiger partial charge in [-0.25, -0.2) is 4.98 Å². The Kier molecular flexibility index (Phi) is 15.2. The molecule has 6 heteroatoms. The largest absolute Gasteiger partial charge is 0.447 e. The fourth-order valence-electron chi connectivity index (χ4n) is 4.64. The number of benzene rings is 1. The van der Waals surface area contributed by atoms with Gasteiger partial charge < -0.3 is 13.6 Å². The first kappa shape index (κ1) is 34.3. The Morgan fingerprint density at radius 3 is 2.00 bits per heavy atom. The van der Waals surface area contributed by atoms with Gasteiger partial charge in [0.15, 0.2) is 8.32 Å². The topological polar surface area (TPSA) is 61.6 Å². The molecule has 5 nitrogen and oxygen atoms in total. The molecular weight excluding hydrogens is 514 g/mol. The van der Waals surface area contributed by atoms with Crippen molar-refractivity contribution >= 4 is 14.3 Å². The van der Waals surface area contributed by atoms with E-state index in [0.29, 0.717) is 12.3 Å². The maximum absolute atomic E-state index is 12.9. The lowest BCUT2D eigenvalue weighted by Gasteiger charge is -2.38. The Balaban J connectivity index is 1.95. The van der Waals surface area contributed by atoms with Crippen LogP contribution in [0.3, 0.4) is 0 Å². The van der Waals surface area contributed by atoms with Gasteiger partial charge in [0.2, 0.25) is 12.0 Å². The molecule has 0 aliphatic rings. The molecule has 2 aromatic rings. The Labute approximate surface area is 246 Å². The second-order valence-corrected chi connectivity index (χ2v) is 17.6. The van der Waals surface area contributed by atoms with Gasteiger partial charge in [0.25, 0.3) is 0 Å². The summed E-state index contributed by atoms with van der Waals surface area (Å²) in [4.78, 5) is 17.7. The van der Waals surface area contributed by atoms with Crippen molar-refractivity contribution < 1.29 is 18.4 Å². The molecule has 2 rings (SSSR count). The Morgan fingerprint density at radius 1 is 0.875 bits per heavy atom. The molecule has 0 radical (unpaired) electrons. The van der Waals surface area contributed by atoms with Crippen LogP contribution in [0, 0.1) is 0 Å². The van der Waals surface area contributed by atoms with Gasteiger partial charge >= 0.3 is 5.97 Å². The van der Waals surface area contributed by atoms with Crippen LogP contribution in [0.25, 0.3) is 0 Å². The molecule has 0 amide bonds. The van der Waals surface area contributed by atoms with E-state index in [-0.39, 0.29) is 17.1 Å². The summed E-state index contributed by atoms with van der Waals surface area (Å²) >= 11 is 0. The highest BCUT2D eigenvalue weighted by atomic mass is 28.4. The number of rotatable bonds is 20. The van der Waals surface area contributed by atoms with Crippen molar-refractivity contribution in [2.24, 2.45) is 0 Å². The van der Waals surface area contributed by atoms with E-state index < -0.39 is 14.4 Å². The SMILES string of the molecule is CCCCCCCCCCCCCC(=O)OC(c1ccccc1)c1nc(C(CCC)O[Si](C)(C)C(C)(C)C)co1. The third kappa shape index (κ3) is 11.9. The summed E-state index contributed by atoms with van der Waals surface area (Å²) in [6.07, 6.45) is 16.9. The summed E-state index contributed by atoms with van der Waals surface area (Å²) in [7, 11) is -2.00. The van der Waals surface area contributed by atoms with E-state index in [1.54, 1.807) is 6.26 Å². The van der Waals surface area contributed by atoms with E-state index in [4.69, 9.17) is 18.6 Å². The van der Waals surface area contributed by atoms with Gasteiger partial charge in [-0.1, -0.05) is 136 Å². The molecule has 0 spiro atoms. The van der Waals surface area contributed by atoms with E-state index in [1.165, 1.54) is 57.8 Å². The highest BCUT2D eigenvalue weighted by molar-refractivity contribution is 6.74. The minimum Gasteiger partial charge on any atom is -0.447 e. The van der Waals surface area contributed by atoms with Crippen molar-refractivity contribution in [2.45, 2.75) is 155 Å². The van der Waals surface area contributed by atoms with Crippen LogP contribution in [-0.4, -0.2) is 19.3 Å². The molecule has 0 fully saturated rings. The zero-order valence-electron chi connectivity index (χ0n) is 26.6. The van der Waals surface area contributed by atoms with Gasteiger partial charge in [-0.2, -0.15) is 0 Å². The number of aromatic nitrogens is 1. The van der Waals surface area contributed by atoms with Gasteiger partial charge in [-0.3, -0.25) is 4.79 Å². The van der Waals surface area contributed by atoms with Crippen LogP contribution in [0.4, 0.5) is 0 Å². The molecule has 2 unspecified atom stereocenters. The maximum Gasteiger partial charge on any atom is 0.306 e. The number of carbonyl (C=O) groups excluding carboxylic acids is 1. The highest BCUT2D eigenvalue weighted by Gasteiger charge is 2.40. The molecule has 1 heterocycles.